The van der Waals surface area contributed by atoms with E-state index >= 15 is 0 Å². The highest BCUT2D eigenvalue weighted by Gasteiger charge is 1.95. The largest absolute Gasteiger partial charge is 0.330 e. The highest BCUT2D eigenvalue weighted by Crippen LogP contribution is 1.96. The van der Waals surface area contributed by atoms with Crippen molar-refractivity contribution in [3.05, 3.63) is 0 Å². The SMILES string of the molecule is C[SiH2]CCCN.C[SiH2]CCCN.C[SiH2]CCCNCCN.C[SiH2]CCCNCCN.C[SiH](C)CCCN.C[SiH](C)CCCN.C[SiH](C)CCCNCCN.C[SiH](C)CCCNCCN. The molecule has 0 bridgehead atoms. The lowest BCUT2D eigenvalue weighted by Gasteiger charge is -2.03. The van der Waals surface area contributed by atoms with Gasteiger partial charge in [0.1, 0.15) is 0 Å². The molecule has 0 amide bonds. The summed E-state index contributed by atoms with van der Waals surface area (Å²) in [5, 5.41) is 13.1. The first-order chi connectivity index (χ1) is 30.7. The van der Waals surface area contributed by atoms with Gasteiger partial charge < -0.3 is 67.1 Å². The highest BCUT2D eigenvalue weighted by molar-refractivity contribution is 6.56. The van der Waals surface area contributed by atoms with E-state index in [0.717, 1.165) is 105 Å². The summed E-state index contributed by atoms with van der Waals surface area (Å²) in [5.41, 5.74) is 42.3. The summed E-state index contributed by atoms with van der Waals surface area (Å²) in [4.78, 5) is 0. The van der Waals surface area contributed by atoms with E-state index in [9.17, 15) is 0 Å². The highest BCUT2D eigenvalue weighted by atomic mass is 28.3. The van der Waals surface area contributed by atoms with Gasteiger partial charge in [-0.2, -0.15) is 0 Å². The van der Waals surface area contributed by atoms with Crippen LogP contribution in [-0.2, 0) is 0 Å². The number of nitrogens with two attached hydrogens (primary N) is 8. The van der Waals surface area contributed by atoms with Crippen LogP contribution in [0.25, 0.3) is 0 Å². The molecule has 0 heterocycles. The fourth-order valence-corrected chi connectivity index (χ4v) is 12.2. The maximum absolute atomic E-state index is 5.32. The van der Waals surface area contributed by atoms with Crippen molar-refractivity contribution in [2.45, 2.75) is 178 Å². The molecule has 20 heteroatoms. The van der Waals surface area contributed by atoms with E-state index in [2.05, 4.69) is 99.8 Å². The Morgan fingerprint density at radius 3 is 0.625 bits per heavy atom. The Labute approximate surface area is 421 Å². The van der Waals surface area contributed by atoms with Crippen molar-refractivity contribution < 1.29 is 0 Å². The van der Waals surface area contributed by atoms with E-state index in [1.807, 2.05) is 0 Å². The van der Waals surface area contributed by atoms with Crippen LogP contribution in [0.15, 0.2) is 0 Å². The molecule has 0 aliphatic rings. The zero-order valence-electron chi connectivity index (χ0n) is 46.4. The molecule has 0 aromatic carbocycles. The summed E-state index contributed by atoms with van der Waals surface area (Å²) < 4.78 is 0. The quantitative estimate of drug-likeness (QED) is 0.0316. The number of rotatable bonds is 36. The fourth-order valence-electron chi connectivity index (χ4n) is 5.02. The summed E-state index contributed by atoms with van der Waals surface area (Å²) in [6, 6.07) is 11.5. The minimum Gasteiger partial charge on any atom is -0.330 e. The Bertz CT molecular complexity index is 590. The first-order valence-corrected chi connectivity index (χ1v) is 49.3. The van der Waals surface area contributed by atoms with Crippen LogP contribution in [0.2, 0.25) is 127 Å². The third-order valence-electron chi connectivity index (χ3n) is 9.06. The van der Waals surface area contributed by atoms with E-state index in [-0.39, 0.29) is 35.2 Å². The van der Waals surface area contributed by atoms with Crippen molar-refractivity contribution in [1.82, 2.24) is 21.3 Å². The van der Waals surface area contributed by atoms with Crippen LogP contribution in [0, 0.1) is 0 Å². The summed E-state index contributed by atoms with van der Waals surface area (Å²) >= 11 is 0. The molecule has 0 saturated carbocycles. The van der Waals surface area contributed by atoms with E-state index in [1.54, 1.807) is 0 Å². The topological polar surface area (TPSA) is 256 Å². The zero-order valence-corrected chi connectivity index (χ0v) is 56.7. The average molecular weight is 1050 g/mol. The van der Waals surface area contributed by atoms with Crippen molar-refractivity contribution in [3.63, 3.8) is 0 Å². The molecule has 0 radical (unpaired) electrons. The van der Waals surface area contributed by atoms with E-state index in [1.165, 1.54) is 99.7 Å². The van der Waals surface area contributed by atoms with Crippen molar-refractivity contribution in [3.8, 4) is 0 Å². The van der Waals surface area contributed by atoms with Gasteiger partial charge >= 0.3 is 0 Å². The van der Waals surface area contributed by atoms with E-state index in [0.29, 0.717) is 38.1 Å². The van der Waals surface area contributed by atoms with Crippen LogP contribution >= 0.6 is 0 Å². The lowest BCUT2D eigenvalue weighted by atomic mass is 10.5. The molecular formula is C44H132N12Si8. The second-order valence-electron chi connectivity index (χ2n) is 18.3. The predicted octanol–water partition coefficient (Wildman–Crippen LogP) is 1.53. The first kappa shape index (κ1) is 82.2. The molecular weight excluding hydrogens is 921 g/mol. The van der Waals surface area contributed by atoms with Gasteiger partial charge in [0.25, 0.3) is 0 Å². The maximum atomic E-state index is 5.32. The summed E-state index contributed by atoms with van der Waals surface area (Å²) in [5.74, 6) is 0. The third-order valence-corrected chi connectivity index (χ3v) is 20.1. The van der Waals surface area contributed by atoms with E-state index in [4.69, 9.17) is 45.9 Å². The summed E-state index contributed by atoms with van der Waals surface area (Å²) in [7, 11) is 0.140. The maximum Gasteiger partial charge on any atom is 0.0306 e. The van der Waals surface area contributed by atoms with Crippen LogP contribution in [-0.4, -0.2) is 178 Å². The van der Waals surface area contributed by atoms with Gasteiger partial charge in [0.05, 0.1) is 0 Å². The predicted molar refractivity (Wildman–Crippen MR) is 332 cm³/mol. The molecule has 12 nitrogen and oxygen atoms in total. The normalized spacial score (nSPS) is 10.9. The molecule has 20 N–H and O–H groups in total. The minimum atomic E-state index is -0.293. The Morgan fingerprint density at radius 2 is 0.469 bits per heavy atom. The standard InChI is InChI=1S/2C7H20N2Si.2C6H18N2Si.2C5H15NSi.2C4H13NSi/c2*1-10(2)7-3-5-9-6-4-8;2*1-9-6-2-4-8-5-3-7;2*1-7(2)5-3-4-6;2*1-6-4-2-3-5/h2*9-10H,3-8H2,1-2H3;2*8H,2-7,9H2,1H3;2*7H,3-6H2,1-2H3;2*2-6H2,1H3. The van der Waals surface area contributed by atoms with Gasteiger partial charge in [0.15, 0.2) is 0 Å². The summed E-state index contributed by atoms with van der Waals surface area (Å²) in [6.45, 7) is 43.5. The smallest absolute Gasteiger partial charge is 0.0306 e. The van der Waals surface area contributed by atoms with Gasteiger partial charge in [-0.05, 0) is 104 Å². The first-order valence-electron chi connectivity index (χ1n) is 27.2. The molecule has 0 unspecified atom stereocenters. The van der Waals surface area contributed by atoms with Gasteiger partial charge in [-0.25, -0.2) is 0 Å². The van der Waals surface area contributed by atoms with Gasteiger partial charge in [0.2, 0.25) is 0 Å². The lowest BCUT2D eigenvalue weighted by Crippen LogP contribution is -2.23. The number of nitrogens with one attached hydrogen (secondary N) is 4. The molecule has 0 aromatic heterocycles. The van der Waals surface area contributed by atoms with Gasteiger partial charge in [-0.3, -0.25) is 0 Å². The fraction of sp³-hybridized carbons (Fsp3) is 1.00. The van der Waals surface area contributed by atoms with Crippen LogP contribution in [0.5, 0.6) is 0 Å². The minimum absolute atomic E-state index is 0.268. The van der Waals surface area contributed by atoms with Crippen LogP contribution in [0.1, 0.15) is 51.4 Å². The Morgan fingerprint density at radius 1 is 0.266 bits per heavy atom. The van der Waals surface area contributed by atoms with Crippen molar-refractivity contribution in [2.24, 2.45) is 45.9 Å². The average Bonchev–Trinajstić information content (AvgIpc) is 3.27. The Hall–Kier alpha value is 1.26. The molecule has 0 fully saturated rings. The molecule has 64 heavy (non-hydrogen) atoms. The van der Waals surface area contributed by atoms with Crippen molar-refractivity contribution >= 4 is 73.3 Å². The number of hydrogen-bond donors (Lipinski definition) is 12. The van der Waals surface area contributed by atoms with Gasteiger partial charge in [-0.1, -0.05) is 127 Å². The molecule has 0 aliphatic carbocycles. The van der Waals surface area contributed by atoms with Crippen LogP contribution in [0.3, 0.4) is 0 Å². The van der Waals surface area contributed by atoms with Crippen molar-refractivity contribution in [1.29, 1.82) is 0 Å². The zero-order chi connectivity index (χ0) is 50.6. The molecule has 400 valence electrons. The summed E-state index contributed by atoms with van der Waals surface area (Å²) in [6.07, 6.45) is 10.4. The van der Waals surface area contributed by atoms with Crippen LogP contribution in [0.4, 0.5) is 0 Å². The molecule has 0 rings (SSSR count). The third kappa shape index (κ3) is 144. The number of hydrogen-bond acceptors (Lipinski definition) is 12. The molecule has 0 atom stereocenters. The molecule has 0 saturated heterocycles. The van der Waals surface area contributed by atoms with Gasteiger partial charge in [0, 0.05) is 126 Å². The Kier molecular flexibility index (Phi) is 116. The van der Waals surface area contributed by atoms with Gasteiger partial charge in [-0.15, -0.1) is 0 Å². The monoisotopic (exact) mass is 1050 g/mol. The second-order valence-corrected chi connectivity index (χ2v) is 38.6. The van der Waals surface area contributed by atoms with E-state index < -0.39 is 0 Å². The van der Waals surface area contributed by atoms with Crippen molar-refractivity contribution in [2.75, 3.05) is 105 Å². The molecule has 0 spiro atoms. The lowest BCUT2D eigenvalue weighted by molar-refractivity contribution is 0.676. The second kappa shape index (κ2) is 90.7. The molecule has 0 aromatic rings. The molecule has 0 aliphatic heterocycles. The van der Waals surface area contributed by atoms with Crippen LogP contribution < -0.4 is 67.1 Å². The Balaban J connectivity index is -0.0000000940.